The number of aryl methyl sites for hydroxylation is 1. The molecule has 0 fully saturated rings. The molecule has 0 atom stereocenters. The van der Waals surface area contributed by atoms with E-state index in [0.29, 0.717) is 17.0 Å². The van der Waals surface area contributed by atoms with Crippen LogP contribution in [0.5, 0.6) is 0 Å². The van der Waals surface area contributed by atoms with Gasteiger partial charge in [-0.05, 0) is 44.6 Å². The third-order valence-electron chi connectivity index (χ3n) is 4.15. The number of imide groups is 1. The second-order valence-corrected chi connectivity index (χ2v) is 7.20. The first kappa shape index (κ1) is 19.4. The van der Waals surface area contributed by atoms with E-state index in [-0.39, 0.29) is 12.5 Å². The minimum absolute atomic E-state index is 0.0940. The zero-order valence-electron chi connectivity index (χ0n) is 14.9. The second kappa shape index (κ2) is 9.56. The molecule has 0 spiro atoms. The summed E-state index contributed by atoms with van der Waals surface area (Å²) < 4.78 is 4.80. The summed E-state index contributed by atoms with van der Waals surface area (Å²) in [7, 11) is 0. The van der Waals surface area contributed by atoms with Crippen LogP contribution in [-0.2, 0) is 22.4 Å². The smallest absolute Gasteiger partial charge is 0.414 e. The van der Waals surface area contributed by atoms with Crippen LogP contribution in [0.15, 0.2) is 0 Å². The molecule has 25 heavy (non-hydrogen) atoms. The number of hydrogen-bond acceptors (Lipinski definition) is 5. The van der Waals surface area contributed by atoms with Crippen molar-refractivity contribution in [2.75, 3.05) is 11.9 Å². The summed E-state index contributed by atoms with van der Waals surface area (Å²) in [5, 5.41) is 5.69. The molecule has 7 heteroatoms. The Bertz CT molecular complexity index is 639. The van der Waals surface area contributed by atoms with Crippen molar-refractivity contribution in [2.24, 2.45) is 0 Å². The molecule has 0 aliphatic heterocycles. The summed E-state index contributed by atoms with van der Waals surface area (Å²) >= 11 is 1.46. The van der Waals surface area contributed by atoms with Gasteiger partial charge in [0.05, 0.1) is 12.2 Å². The number of unbranched alkanes of at least 4 members (excludes halogenated alkanes) is 1. The molecule has 1 heterocycles. The highest BCUT2D eigenvalue weighted by Crippen LogP contribution is 2.37. The molecule has 2 N–H and O–H groups in total. The Kier molecular flexibility index (Phi) is 7.43. The van der Waals surface area contributed by atoms with Crippen molar-refractivity contribution in [3.05, 3.63) is 16.0 Å². The molecule has 0 radical (unpaired) electrons. The lowest BCUT2D eigenvalue weighted by Gasteiger charge is -2.09. The van der Waals surface area contributed by atoms with E-state index in [1.54, 1.807) is 6.92 Å². The molecule has 0 aromatic carbocycles. The van der Waals surface area contributed by atoms with Crippen molar-refractivity contribution in [1.29, 1.82) is 0 Å². The van der Waals surface area contributed by atoms with Gasteiger partial charge in [-0.15, -0.1) is 11.3 Å². The molecule has 138 valence electrons. The van der Waals surface area contributed by atoms with E-state index < -0.39 is 12.0 Å². The number of carbonyl (C=O) groups excluding carboxylic acids is 3. The van der Waals surface area contributed by atoms with Crippen LogP contribution in [0.1, 0.15) is 73.2 Å². The fourth-order valence-corrected chi connectivity index (χ4v) is 4.22. The van der Waals surface area contributed by atoms with Crippen LogP contribution in [0.2, 0.25) is 0 Å². The van der Waals surface area contributed by atoms with Crippen LogP contribution < -0.4 is 10.6 Å². The molecule has 0 saturated carbocycles. The molecule has 3 amide bonds. The molecule has 1 aliphatic carbocycles. The largest absolute Gasteiger partial charge is 0.450 e. The van der Waals surface area contributed by atoms with E-state index in [1.807, 2.05) is 6.92 Å². The van der Waals surface area contributed by atoms with Crippen molar-refractivity contribution < 1.29 is 19.1 Å². The average molecular weight is 366 g/mol. The lowest BCUT2D eigenvalue weighted by atomic mass is 10.0. The summed E-state index contributed by atoms with van der Waals surface area (Å²) in [4.78, 5) is 37.5. The van der Waals surface area contributed by atoms with Gasteiger partial charge in [-0.3, -0.25) is 14.9 Å². The lowest BCUT2D eigenvalue weighted by molar-refractivity contribution is -0.116. The first-order chi connectivity index (χ1) is 12.1. The van der Waals surface area contributed by atoms with Gasteiger partial charge in [-0.2, -0.15) is 0 Å². The molecular weight excluding hydrogens is 340 g/mol. The standard InChI is InChI=1S/C18H26N2O4S/c1-3-5-11-14(21)19-17-15(16(22)20-18(23)24-4-2)12-9-7-6-8-10-13(12)25-17/h3-11H2,1-2H3,(H,19,21)(H,20,22,23). The van der Waals surface area contributed by atoms with Gasteiger partial charge in [-0.1, -0.05) is 19.8 Å². The number of alkyl carbamates (subject to hydrolysis) is 1. The number of amides is 3. The minimum Gasteiger partial charge on any atom is -0.450 e. The fraction of sp³-hybridized carbons (Fsp3) is 0.611. The number of anilines is 1. The van der Waals surface area contributed by atoms with Gasteiger partial charge in [-0.25, -0.2) is 4.79 Å². The second-order valence-electron chi connectivity index (χ2n) is 6.09. The van der Waals surface area contributed by atoms with Crippen molar-refractivity contribution in [2.45, 2.75) is 65.2 Å². The molecule has 0 unspecified atom stereocenters. The van der Waals surface area contributed by atoms with Crippen molar-refractivity contribution in [1.82, 2.24) is 5.32 Å². The first-order valence-electron chi connectivity index (χ1n) is 8.99. The molecule has 0 bridgehead atoms. The number of hydrogen-bond donors (Lipinski definition) is 2. The summed E-state index contributed by atoms with van der Waals surface area (Å²) in [6.45, 7) is 3.90. The van der Waals surface area contributed by atoms with Gasteiger partial charge in [0.2, 0.25) is 5.91 Å². The van der Waals surface area contributed by atoms with Gasteiger partial charge >= 0.3 is 6.09 Å². The number of thiophene rings is 1. The van der Waals surface area contributed by atoms with Crippen LogP contribution in [0, 0.1) is 0 Å². The SMILES string of the molecule is CCCCC(=O)Nc1sc2c(c1C(=O)NC(=O)OCC)CCCCC2. The Morgan fingerprint density at radius 3 is 2.60 bits per heavy atom. The quantitative estimate of drug-likeness (QED) is 0.744. The van der Waals surface area contributed by atoms with Gasteiger partial charge in [0, 0.05) is 11.3 Å². The molecule has 0 saturated heterocycles. The maximum Gasteiger partial charge on any atom is 0.414 e. The third kappa shape index (κ3) is 5.29. The average Bonchev–Trinajstić information content (AvgIpc) is 2.74. The summed E-state index contributed by atoms with van der Waals surface area (Å²) in [5.41, 5.74) is 1.40. The summed E-state index contributed by atoms with van der Waals surface area (Å²) in [6, 6.07) is 0. The van der Waals surface area contributed by atoms with E-state index in [1.165, 1.54) is 11.3 Å². The lowest BCUT2D eigenvalue weighted by Crippen LogP contribution is -2.32. The number of ether oxygens (including phenoxy) is 1. The van der Waals surface area contributed by atoms with Gasteiger partial charge in [0.1, 0.15) is 5.00 Å². The number of rotatable bonds is 6. The third-order valence-corrected chi connectivity index (χ3v) is 5.36. The Hall–Kier alpha value is -1.89. The molecule has 1 aliphatic rings. The zero-order valence-corrected chi connectivity index (χ0v) is 15.7. The molecule has 1 aromatic heterocycles. The molecule has 1 aromatic rings. The van der Waals surface area contributed by atoms with Crippen molar-refractivity contribution in [3.8, 4) is 0 Å². The van der Waals surface area contributed by atoms with Crippen LogP contribution in [-0.4, -0.2) is 24.5 Å². The number of fused-ring (bicyclic) bond motifs is 1. The normalized spacial score (nSPS) is 13.5. The van der Waals surface area contributed by atoms with E-state index in [0.717, 1.165) is 55.4 Å². The monoisotopic (exact) mass is 366 g/mol. The van der Waals surface area contributed by atoms with E-state index in [4.69, 9.17) is 4.74 Å². The Labute approximate surface area is 152 Å². The Balaban J connectivity index is 2.26. The van der Waals surface area contributed by atoms with E-state index in [2.05, 4.69) is 10.6 Å². The number of carbonyl (C=O) groups is 3. The van der Waals surface area contributed by atoms with Crippen LogP contribution in [0.3, 0.4) is 0 Å². The van der Waals surface area contributed by atoms with Crippen molar-refractivity contribution in [3.63, 3.8) is 0 Å². The van der Waals surface area contributed by atoms with E-state index in [9.17, 15) is 14.4 Å². The maximum absolute atomic E-state index is 12.6. The van der Waals surface area contributed by atoms with Gasteiger partial charge in [0.25, 0.3) is 5.91 Å². The van der Waals surface area contributed by atoms with Crippen molar-refractivity contribution >= 4 is 34.2 Å². The summed E-state index contributed by atoms with van der Waals surface area (Å²) in [5.74, 6) is -0.591. The highest BCUT2D eigenvalue weighted by Gasteiger charge is 2.26. The predicted octanol–water partition coefficient (Wildman–Crippen LogP) is 4.03. The van der Waals surface area contributed by atoms with Gasteiger partial charge < -0.3 is 10.1 Å². The van der Waals surface area contributed by atoms with Crippen LogP contribution >= 0.6 is 11.3 Å². The molecular formula is C18H26N2O4S. The topological polar surface area (TPSA) is 84.5 Å². The number of nitrogens with one attached hydrogen (secondary N) is 2. The van der Waals surface area contributed by atoms with Crippen LogP contribution in [0.4, 0.5) is 9.80 Å². The zero-order chi connectivity index (χ0) is 18.2. The van der Waals surface area contributed by atoms with Crippen LogP contribution in [0.25, 0.3) is 0 Å². The maximum atomic E-state index is 12.6. The summed E-state index contributed by atoms with van der Waals surface area (Å²) in [6.07, 6.45) is 6.32. The predicted molar refractivity (Wildman–Crippen MR) is 98.2 cm³/mol. The molecule has 6 nitrogen and oxygen atoms in total. The Morgan fingerprint density at radius 2 is 1.88 bits per heavy atom. The fourth-order valence-electron chi connectivity index (χ4n) is 2.92. The molecule has 2 rings (SSSR count). The van der Waals surface area contributed by atoms with E-state index >= 15 is 0 Å². The first-order valence-corrected chi connectivity index (χ1v) is 9.80. The minimum atomic E-state index is -0.760. The highest BCUT2D eigenvalue weighted by molar-refractivity contribution is 7.17. The van der Waals surface area contributed by atoms with Gasteiger partial charge in [0.15, 0.2) is 0 Å². The Morgan fingerprint density at radius 1 is 1.12 bits per heavy atom. The highest BCUT2D eigenvalue weighted by atomic mass is 32.1.